The van der Waals surface area contributed by atoms with Gasteiger partial charge in [0.1, 0.15) is 18.1 Å². The quantitative estimate of drug-likeness (QED) is 0.420. The van der Waals surface area contributed by atoms with E-state index in [1.807, 2.05) is 0 Å². The van der Waals surface area contributed by atoms with Crippen molar-refractivity contribution in [3.05, 3.63) is 24.3 Å². The molecule has 0 aliphatic heterocycles. The maximum atomic E-state index is 11.9. The molecule has 7 nitrogen and oxygen atoms in total. The van der Waals surface area contributed by atoms with Crippen molar-refractivity contribution in [2.24, 2.45) is 5.92 Å². The van der Waals surface area contributed by atoms with Gasteiger partial charge in [0.15, 0.2) is 17.5 Å². The summed E-state index contributed by atoms with van der Waals surface area (Å²) in [6.45, 7) is 1.96. The molecule has 1 unspecified atom stereocenters. The van der Waals surface area contributed by atoms with Crippen molar-refractivity contribution >= 4 is 23.5 Å². The molecule has 0 aromatic heterocycles. The summed E-state index contributed by atoms with van der Waals surface area (Å²) in [5.41, 5.74) is 0. The van der Waals surface area contributed by atoms with Crippen LogP contribution in [0.4, 0.5) is 0 Å². The van der Waals surface area contributed by atoms with Gasteiger partial charge in [0.2, 0.25) is 0 Å². The molecule has 0 N–H and O–H groups in total. The Morgan fingerprint density at radius 2 is 1.55 bits per heavy atom. The van der Waals surface area contributed by atoms with Crippen molar-refractivity contribution < 1.29 is 33.4 Å². The van der Waals surface area contributed by atoms with Gasteiger partial charge < -0.3 is 14.2 Å². The monoisotopic (exact) mass is 308 g/mol. The van der Waals surface area contributed by atoms with Gasteiger partial charge in [-0.1, -0.05) is 0 Å². The minimum atomic E-state index is -1.48. The van der Waals surface area contributed by atoms with Crippen LogP contribution >= 0.6 is 0 Å². The van der Waals surface area contributed by atoms with Gasteiger partial charge in [-0.2, -0.15) is 0 Å². The van der Waals surface area contributed by atoms with Crippen molar-refractivity contribution in [3.8, 4) is 11.5 Å². The Balaban J connectivity index is 2.64. The Hall–Kier alpha value is -2.70. The highest BCUT2D eigenvalue weighted by Crippen LogP contribution is 2.18. The number of Topliss-reactive ketones (excluding diaryl/α,β-unsaturated/α-hetero) is 2. The van der Waals surface area contributed by atoms with Gasteiger partial charge in [0.05, 0.1) is 7.11 Å². The molecule has 0 saturated heterocycles. The Morgan fingerprint density at radius 1 is 1.00 bits per heavy atom. The van der Waals surface area contributed by atoms with Crippen LogP contribution in [0.15, 0.2) is 24.3 Å². The molecule has 0 aliphatic rings. The van der Waals surface area contributed by atoms with Crippen LogP contribution in [0, 0.1) is 5.92 Å². The largest absolute Gasteiger partial charge is 0.486 e. The van der Waals surface area contributed by atoms with E-state index < -0.39 is 36.0 Å². The summed E-state index contributed by atoms with van der Waals surface area (Å²) in [4.78, 5) is 45.3. The zero-order chi connectivity index (χ0) is 16.7. The van der Waals surface area contributed by atoms with Gasteiger partial charge in [-0.15, -0.1) is 0 Å². The summed E-state index contributed by atoms with van der Waals surface area (Å²) in [6, 6.07) is 5.97. The molecule has 0 fully saturated rings. The SMILES string of the molecule is COC(=O)C(C(C)=O)C(=O)COc1ccc(OC(C)=O)cc1. The zero-order valence-corrected chi connectivity index (χ0v) is 12.5. The summed E-state index contributed by atoms with van der Waals surface area (Å²) in [6.07, 6.45) is 0. The number of hydrogen-bond donors (Lipinski definition) is 0. The summed E-state index contributed by atoms with van der Waals surface area (Å²) in [7, 11) is 1.10. The standard InChI is InChI=1S/C15H16O7/c1-9(16)14(15(19)20-3)13(18)8-21-11-4-6-12(7-5-11)22-10(2)17/h4-7,14H,8H2,1-3H3. The van der Waals surface area contributed by atoms with E-state index in [1.165, 1.54) is 31.2 Å². The number of methoxy groups -OCH3 is 1. The summed E-state index contributed by atoms with van der Waals surface area (Å²) in [5, 5.41) is 0. The van der Waals surface area contributed by atoms with Crippen LogP contribution in [0.25, 0.3) is 0 Å². The zero-order valence-electron chi connectivity index (χ0n) is 12.5. The van der Waals surface area contributed by atoms with Crippen LogP contribution in [0.2, 0.25) is 0 Å². The predicted molar refractivity (Wildman–Crippen MR) is 74.4 cm³/mol. The molecule has 22 heavy (non-hydrogen) atoms. The number of carbonyl (C=O) groups is 4. The minimum absolute atomic E-state index is 0.330. The topological polar surface area (TPSA) is 96.0 Å². The van der Waals surface area contributed by atoms with E-state index in [9.17, 15) is 19.2 Å². The molecule has 0 radical (unpaired) electrons. The summed E-state index contributed by atoms with van der Waals surface area (Å²) < 4.78 is 14.5. The average Bonchev–Trinajstić information content (AvgIpc) is 2.45. The second-order valence-corrected chi connectivity index (χ2v) is 4.39. The highest BCUT2D eigenvalue weighted by Gasteiger charge is 2.32. The lowest BCUT2D eigenvalue weighted by molar-refractivity contribution is -0.153. The molecule has 1 aromatic carbocycles. The number of carbonyl (C=O) groups excluding carboxylic acids is 4. The Bertz CT molecular complexity index is 574. The van der Waals surface area contributed by atoms with E-state index in [1.54, 1.807) is 0 Å². The number of ketones is 2. The lowest BCUT2D eigenvalue weighted by atomic mass is 10.0. The predicted octanol–water partition coefficient (Wildman–Crippen LogP) is 0.938. The number of ether oxygens (including phenoxy) is 3. The minimum Gasteiger partial charge on any atom is -0.486 e. The summed E-state index contributed by atoms with van der Waals surface area (Å²) >= 11 is 0. The summed E-state index contributed by atoms with van der Waals surface area (Å²) in [5.74, 6) is -3.48. The van der Waals surface area contributed by atoms with Gasteiger partial charge in [-0.05, 0) is 31.2 Å². The van der Waals surface area contributed by atoms with E-state index >= 15 is 0 Å². The first-order valence-electron chi connectivity index (χ1n) is 6.37. The van der Waals surface area contributed by atoms with Crippen molar-refractivity contribution in [3.63, 3.8) is 0 Å². The molecule has 0 heterocycles. The molecular formula is C15H16O7. The first-order valence-corrected chi connectivity index (χ1v) is 6.37. The van der Waals surface area contributed by atoms with E-state index in [4.69, 9.17) is 9.47 Å². The number of esters is 2. The van der Waals surface area contributed by atoms with Crippen molar-refractivity contribution in [1.29, 1.82) is 0 Å². The van der Waals surface area contributed by atoms with Gasteiger partial charge in [0.25, 0.3) is 0 Å². The molecule has 0 amide bonds. The van der Waals surface area contributed by atoms with Crippen LogP contribution < -0.4 is 9.47 Å². The molecule has 0 spiro atoms. The molecule has 1 aromatic rings. The molecule has 0 saturated carbocycles. The first-order chi connectivity index (χ1) is 10.3. The van der Waals surface area contributed by atoms with Crippen LogP contribution in [0.3, 0.4) is 0 Å². The molecule has 1 rings (SSSR count). The fourth-order valence-electron chi connectivity index (χ4n) is 1.65. The second kappa shape index (κ2) is 7.92. The van der Waals surface area contributed by atoms with Crippen LogP contribution in [0.1, 0.15) is 13.8 Å². The smallest absolute Gasteiger partial charge is 0.323 e. The number of rotatable bonds is 7. The van der Waals surface area contributed by atoms with Crippen LogP contribution in [-0.2, 0) is 23.9 Å². The van der Waals surface area contributed by atoms with Gasteiger partial charge in [-0.3, -0.25) is 19.2 Å². The number of benzene rings is 1. The Morgan fingerprint density at radius 3 is 2.00 bits per heavy atom. The van der Waals surface area contributed by atoms with E-state index in [0.29, 0.717) is 11.5 Å². The highest BCUT2D eigenvalue weighted by atomic mass is 16.5. The fraction of sp³-hybridized carbons (Fsp3) is 0.333. The third-order valence-corrected chi connectivity index (χ3v) is 2.63. The normalized spacial score (nSPS) is 11.2. The van der Waals surface area contributed by atoms with Gasteiger partial charge in [0, 0.05) is 6.92 Å². The molecule has 0 aliphatic carbocycles. The first kappa shape index (κ1) is 17.4. The molecule has 0 bridgehead atoms. The third-order valence-electron chi connectivity index (χ3n) is 2.63. The van der Waals surface area contributed by atoms with E-state index in [-0.39, 0.29) is 0 Å². The maximum Gasteiger partial charge on any atom is 0.323 e. The van der Waals surface area contributed by atoms with Gasteiger partial charge >= 0.3 is 11.9 Å². The Labute approximate surface area is 127 Å². The lowest BCUT2D eigenvalue weighted by Gasteiger charge is -2.11. The van der Waals surface area contributed by atoms with Crippen molar-refractivity contribution in [2.45, 2.75) is 13.8 Å². The molecular weight excluding hydrogens is 292 g/mol. The van der Waals surface area contributed by atoms with Crippen LogP contribution in [0.5, 0.6) is 11.5 Å². The van der Waals surface area contributed by atoms with E-state index in [0.717, 1.165) is 14.0 Å². The van der Waals surface area contributed by atoms with Gasteiger partial charge in [-0.25, -0.2) is 0 Å². The van der Waals surface area contributed by atoms with Crippen molar-refractivity contribution in [2.75, 3.05) is 13.7 Å². The third kappa shape index (κ3) is 5.01. The van der Waals surface area contributed by atoms with Crippen LogP contribution in [-0.4, -0.2) is 37.2 Å². The second-order valence-electron chi connectivity index (χ2n) is 4.39. The fourth-order valence-corrected chi connectivity index (χ4v) is 1.65. The van der Waals surface area contributed by atoms with Crippen molar-refractivity contribution in [1.82, 2.24) is 0 Å². The number of hydrogen-bond acceptors (Lipinski definition) is 7. The lowest BCUT2D eigenvalue weighted by Crippen LogP contribution is -2.34. The highest BCUT2D eigenvalue weighted by molar-refractivity contribution is 6.16. The molecule has 7 heteroatoms. The average molecular weight is 308 g/mol. The molecule has 118 valence electrons. The Kier molecular flexibility index (Phi) is 6.25. The van der Waals surface area contributed by atoms with E-state index in [2.05, 4.69) is 4.74 Å². The maximum absolute atomic E-state index is 11.9. The molecule has 1 atom stereocenters.